The smallest absolute Gasteiger partial charge is 0.262 e. The van der Waals surface area contributed by atoms with Gasteiger partial charge in [0.2, 0.25) is 0 Å². The Morgan fingerprint density at radius 2 is 1.85 bits per heavy atom. The van der Waals surface area contributed by atoms with Gasteiger partial charge in [0.1, 0.15) is 22.7 Å². The molecule has 1 aliphatic heterocycles. The Hall–Kier alpha value is -3.88. The number of H-pyrrole nitrogens is 1. The molecule has 0 atom stereocenters. The van der Waals surface area contributed by atoms with E-state index in [9.17, 15) is 9.59 Å². The van der Waals surface area contributed by atoms with Gasteiger partial charge < -0.3 is 15.5 Å². The van der Waals surface area contributed by atoms with Gasteiger partial charge in [0.05, 0.1) is 21.2 Å². The second-order valence-corrected chi connectivity index (χ2v) is 9.90. The predicted molar refractivity (Wildman–Crippen MR) is 136 cm³/mol. The van der Waals surface area contributed by atoms with Crippen LogP contribution in [0.1, 0.15) is 17.3 Å². The van der Waals surface area contributed by atoms with Crippen molar-refractivity contribution in [3.05, 3.63) is 82.0 Å². The van der Waals surface area contributed by atoms with Gasteiger partial charge in [0.15, 0.2) is 5.78 Å². The number of nitrogens with two attached hydrogens (primary N) is 1. The van der Waals surface area contributed by atoms with Crippen LogP contribution < -0.4 is 16.0 Å². The number of Topliss-reactive ketones (excluding diaryl/α,β-unsaturated/α-hetero) is 1. The van der Waals surface area contributed by atoms with Crippen LogP contribution in [0.3, 0.4) is 0 Å². The van der Waals surface area contributed by atoms with E-state index in [1.54, 1.807) is 23.1 Å². The van der Waals surface area contributed by atoms with Gasteiger partial charge in [-0.3, -0.25) is 9.59 Å². The topological polar surface area (TPSA) is 98.1 Å². The van der Waals surface area contributed by atoms with E-state index in [0.717, 1.165) is 37.3 Å². The highest BCUT2D eigenvalue weighted by Crippen LogP contribution is 2.48. The van der Waals surface area contributed by atoms with Crippen molar-refractivity contribution in [3.8, 4) is 33.2 Å². The number of nitrogens with zero attached hydrogens (tertiary/aromatic N) is 1. The lowest BCUT2D eigenvalue weighted by Gasteiger charge is -2.20. The lowest BCUT2D eigenvalue weighted by molar-refractivity contribution is 0.101. The number of nitrogens with one attached hydrogen (secondary N) is 1. The number of carbonyl (C=O) groups is 1. The van der Waals surface area contributed by atoms with E-state index in [0.29, 0.717) is 16.7 Å². The number of fused-ring (bicyclic) bond motifs is 3. The van der Waals surface area contributed by atoms with Crippen LogP contribution in [-0.4, -0.2) is 15.8 Å². The molecule has 0 amide bonds. The summed E-state index contributed by atoms with van der Waals surface area (Å²) in [5.74, 6) is 1.25. The van der Waals surface area contributed by atoms with Crippen LogP contribution >= 0.6 is 23.1 Å². The van der Waals surface area contributed by atoms with Gasteiger partial charge in [0, 0.05) is 21.4 Å². The first-order valence-corrected chi connectivity index (χ1v) is 12.2. The highest BCUT2D eigenvalue weighted by atomic mass is 32.2. The van der Waals surface area contributed by atoms with Gasteiger partial charge in [-0.25, -0.2) is 4.98 Å². The number of rotatable bonds is 3. The average Bonchev–Trinajstić information content (AvgIpc) is 3.36. The zero-order valence-corrected chi connectivity index (χ0v) is 19.5. The van der Waals surface area contributed by atoms with Crippen molar-refractivity contribution in [2.24, 2.45) is 0 Å². The van der Waals surface area contributed by atoms with E-state index in [1.165, 1.54) is 6.92 Å². The number of ketones is 1. The number of carbonyl (C=O) groups excluding carboxylic acids is 1. The number of ether oxygens (including phenoxy) is 1. The molecule has 0 unspecified atom stereocenters. The van der Waals surface area contributed by atoms with E-state index in [1.807, 2.05) is 66.0 Å². The van der Waals surface area contributed by atoms with Crippen LogP contribution in [0.4, 0.5) is 5.69 Å². The summed E-state index contributed by atoms with van der Waals surface area (Å²) in [6.07, 6.45) is 0. The van der Waals surface area contributed by atoms with Crippen molar-refractivity contribution in [2.45, 2.75) is 16.7 Å². The first-order valence-electron chi connectivity index (χ1n) is 10.5. The van der Waals surface area contributed by atoms with E-state index >= 15 is 0 Å². The van der Waals surface area contributed by atoms with Crippen molar-refractivity contribution < 1.29 is 9.53 Å². The number of anilines is 1. The molecule has 0 saturated carbocycles. The fourth-order valence-corrected chi connectivity index (χ4v) is 5.88. The van der Waals surface area contributed by atoms with Crippen molar-refractivity contribution in [1.82, 2.24) is 9.97 Å². The molecule has 8 heteroatoms. The number of thiophene rings is 1. The third-order valence-electron chi connectivity index (χ3n) is 5.68. The minimum atomic E-state index is -0.537. The molecule has 0 radical (unpaired) electrons. The molecule has 166 valence electrons. The molecule has 1 aliphatic rings. The average molecular weight is 484 g/mol. The standard InChI is InChI=1S/C26H17N3O3S2/c1-13(30)22-24(27)23-15(19-7-4-10-33-19)12-16(28-25(23)29-26(22)31)14-8-9-18-21(11-14)34-20-6-3-2-5-17(20)32-18/h2-12H,1H3,(H3,27,28,29,31). The third-order valence-corrected chi connectivity index (χ3v) is 7.68. The van der Waals surface area contributed by atoms with Gasteiger partial charge in [-0.2, -0.15) is 0 Å². The fourth-order valence-electron chi connectivity index (χ4n) is 4.14. The summed E-state index contributed by atoms with van der Waals surface area (Å²) in [6, 6.07) is 19.7. The van der Waals surface area contributed by atoms with E-state index in [4.69, 9.17) is 15.5 Å². The van der Waals surface area contributed by atoms with Gasteiger partial charge in [0.25, 0.3) is 5.56 Å². The molecule has 4 heterocycles. The Bertz CT molecular complexity index is 1670. The normalized spacial score (nSPS) is 12.1. The van der Waals surface area contributed by atoms with Crippen LogP contribution in [0, 0.1) is 0 Å². The molecule has 34 heavy (non-hydrogen) atoms. The molecular formula is C26H17N3O3S2. The van der Waals surface area contributed by atoms with Crippen LogP contribution in [0.25, 0.3) is 32.7 Å². The molecule has 2 aromatic carbocycles. The summed E-state index contributed by atoms with van der Waals surface area (Å²) < 4.78 is 6.05. The highest BCUT2D eigenvalue weighted by molar-refractivity contribution is 7.99. The Labute approximate surface area is 202 Å². The minimum Gasteiger partial charge on any atom is -0.455 e. The van der Waals surface area contributed by atoms with E-state index < -0.39 is 5.56 Å². The first kappa shape index (κ1) is 20.7. The maximum Gasteiger partial charge on any atom is 0.262 e. The lowest BCUT2D eigenvalue weighted by Crippen LogP contribution is -2.19. The van der Waals surface area contributed by atoms with Gasteiger partial charge in [-0.1, -0.05) is 30.0 Å². The van der Waals surface area contributed by atoms with Crippen LogP contribution in [-0.2, 0) is 0 Å². The fraction of sp³-hybridized carbons (Fsp3) is 0.0385. The van der Waals surface area contributed by atoms with Crippen molar-refractivity contribution in [1.29, 1.82) is 0 Å². The van der Waals surface area contributed by atoms with Crippen molar-refractivity contribution in [3.63, 3.8) is 0 Å². The molecular weight excluding hydrogens is 466 g/mol. The van der Waals surface area contributed by atoms with Crippen LogP contribution in [0.2, 0.25) is 0 Å². The third kappa shape index (κ3) is 3.30. The summed E-state index contributed by atoms with van der Waals surface area (Å²) in [6.45, 7) is 1.34. The number of benzene rings is 2. The number of hydrogen-bond donors (Lipinski definition) is 2. The maximum atomic E-state index is 12.6. The molecule has 3 aromatic heterocycles. The second-order valence-electron chi connectivity index (χ2n) is 7.87. The van der Waals surface area contributed by atoms with Crippen molar-refractivity contribution >= 4 is 45.6 Å². The quantitative estimate of drug-likeness (QED) is 0.284. The molecule has 0 fully saturated rings. The monoisotopic (exact) mass is 483 g/mol. The second kappa shape index (κ2) is 7.86. The van der Waals surface area contributed by atoms with Crippen LogP contribution in [0.5, 0.6) is 11.5 Å². The van der Waals surface area contributed by atoms with Gasteiger partial charge in [-0.05, 0) is 54.8 Å². The lowest BCUT2D eigenvalue weighted by atomic mass is 10.0. The van der Waals surface area contributed by atoms with Gasteiger partial charge >= 0.3 is 0 Å². The highest BCUT2D eigenvalue weighted by Gasteiger charge is 2.22. The number of aromatic amines is 1. The van der Waals surface area contributed by atoms with Gasteiger partial charge in [-0.15, -0.1) is 11.3 Å². The molecule has 6 rings (SSSR count). The Morgan fingerprint density at radius 3 is 2.65 bits per heavy atom. The molecule has 0 bridgehead atoms. The van der Waals surface area contributed by atoms with Crippen molar-refractivity contribution in [2.75, 3.05) is 5.73 Å². The first-order chi connectivity index (χ1) is 16.5. The molecule has 5 aromatic rings. The molecule has 0 saturated heterocycles. The zero-order chi connectivity index (χ0) is 23.4. The number of hydrogen-bond acceptors (Lipinski definition) is 7. The molecule has 3 N–H and O–H groups in total. The summed E-state index contributed by atoms with van der Waals surface area (Å²) in [5, 5.41) is 2.54. The zero-order valence-electron chi connectivity index (χ0n) is 17.9. The number of para-hydroxylation sites is 1. The maximum absolute atomic E-state index is 12.6. The molecule has 6 nitrogen and oxygen atoms in total. The molecule has 0 spiro atoms. The SMILES string of the molecule is CC(=O)c1c(N)c2c(-c3cccs3)cc(-c3ccc4c(c3)Sc3ccccc3O4)nc2[nH]c1=O. The summed E-state index contributed by atoms with van der Waals surface area (Å²) in [5.41, 5.74) is 8.66. The summed E-state index contributed by atoms with van der Waals surface area (Å²) in [7, 11) is 0. The largest absolute Gasteiger partial charge is 0.455 e. The van der Waals surface area contributed by atoms with E-state index in [-0.39, 0.29) is 17.0 Å². The predicted octanol–water partition coefficient (Wildman–Crippen LogP) is 6.36. The number of nitrogen functional groups attached to an aromatic ring is 1. The Balaban J connectivity index is 1.56. The number of pyridine rings is 2. The number of aromatic nitrogens is 2. The van der Waals surface area contributed by atoms with E-state index in [2.05, 4.69) is 4.98 Å². The Morgan fingerprint density at radius 1 is 1.03 bits per heavy atom. The summed E-state index contributed by atoms with van der Waals surface area (Å²) in [4.78, 5) is 35.3. The molecule has 0 aliphatic carbocycles. The minimum absolute atomic E-state index is 0.0409. The summed E-state index contributed by atoms with van der Waals surface area (Å²) >= 11 is 3.19. The Kier molecular flexibility index (Phi) is 4.79. The van der Waals surface area contributed by atoms with Crippen LogP contribution in [0.15, 0.2) is 80.6 Å².